The third kappa shape index (κ3) is 5.35. The monoisotopic (exact) mass is 465 g/mol. The Morgan fingerprint density at radius 3 is 2.29 bits per heavy atom. The second-order valence-corrected chi connectivity index (χ2v) is 9.27. The summed E-state index contributed by atoms with van der Waals surface area (Å²) in [6, 6.07) is 17.4. The molecule has 180 valence electrons. The summed E-state index contributed by atoms with van der Waals surface area (Å²) in [6.07, 6.45) is 3.00. The van der Waals surface area contributed by atoms with Crippen molar-refractivity contribution in [3.05, 3.63) is 77.6 Å². The third-order valence-electron chi connectivity index (χ3n) is 6.48. The second-order valence-electron chi connectivity index (χ2n) is 9.27. The Bertz CT molecular complexity index is 1040. The molecule has 0 N–H and O–H groups in total. The van der Waals surface area contributed by atoms with Crippen molar-refractivity contribution >= 4 is 12.1 Å². The van der Waals surface area contributed by atoms with E-state index in [9.17, 15) is 9.59 Å². The Labute approximate surface area is 200 Å². The van der Waals surface area contributed by atoms with E-state index < -0.39 is 11.2 Å². The van der Waals surface area contributed by atoms with Crippen LogP contribution in [0.4, 0.5) is 4.79 Å². The molecule has 0 spiro atoms. The molecule has 4 rings (SSSR count). The number of hydrogen-bond donors (Lipinski definition) is 0. The van der Waals surface area contributed by atoms with Gasteiger partial charge in [0.2, 0.25) is 5.79 Å². The first-order valence-corrected chi connectivity index (χ1v) is 11.5. The first-order chi connectivity index (χ1) is 16.3. The lowest BCUT2D eigenvalue weighted by atomic mass is 9.68. The first-order valence-electron chi connectivity index (χ1n) is 11.5. The van der Waals surface area contributed by atoms with Crippen molar-refractivity contribution in [2.45, 2.75) is 45.5 Å². The van der Waals surface area contributed by atoms with Crippen LogP contribution in [-0.4, -0.2) is 42.9 Å². The minimum absolute atomic E-state index is 0.230. The van der Waals surface area contributed by atoms with Crippen molar-refractivity contribution in [1.82, 2.24) is 4.90 Å². The molecule has 7 heteroatoms. The Morgan fingerprint density at radius 2 is 1.68 bits per heavy atom. The highest BCUT2D eigenvalue weighted by Gasteiger charge is 2.46. The van der Waals surface area contributed by atoms with Crippen LogP contribution in [0.5, 0.6) is 5.75 Å². The lowest BCUT2D eigenvalue weighted by molar-refractivity contribution is -0.204. The SMILES string of the molecule is COc1ccc(CC2(C3=COC(C)(C)OC3=O)CCN(C(=O)OCc3ccccc3)CC2)cc1. The van der Waals surface area contributed by atoms with E-state index in [1.54, 1.807) is 32.1 Å². The van der Waals surface area contributed by atoms with Crippen molar-refractivity contribution in [2.75, 3.05) is 20.2 Å². The molecule has 2 aliphatic rings. The van der Waals surface area contributed by atoms with Crippen LogP contribution in [0.1, 0.15) is 37.8 Å². The number of methoxy groups -OCH3 is 1. The molecule has 2 aromatic rings. The van der Waals surface area contributed by atoms with Crippen LogP contribution in [0.3, 0.4) is 0 Å². The number of cyclic esters (lactones) is 1. The molecule has 2 aromatic carbocycles. The van der Waals surface area contributed by atoms with E-state index in [2.05, 4.69) is 0 Å². The van der Waals surface area contributed by atoms with Crippen molar-refractivity contribution in [1.29, 1.82) is 0 Å². The Kier molecular flexibility index (Phi) is 6.82. The summed E-state index contributed by atoms with van der Waals surface area (Å²) in [6.45, 7) is 4.59. The van der Waals surface area contributed by atoms with E-state index in [4.69, 9.17) is 18.9 Å². The number of rotatable bonds is 6. The smallest absolute Gasteiger partial charge is 0.410 e. The number of nitrogens with zero attached hydrogens (tertiary/aromatic N) is 1. The molecule has 1 amide bonds. The van der Waals surface area contributed by atoms with E-state index in [1.165, 1.54) is 0 Å². The molecule has 34 heavy (non-hydrogen) atoms. The average molecular weight is 466 g/mol. The van der Waals surface area contributed by atoms with Crippen molar-refractivity contribution in [2.24, 2.45) is 5.41 Å². The maximum Gasteiger partial charge on any atom is 0.410 e. The quantitative estimate of drug-likeness (QED) is 0.568. The molecular formula is C27H31NO6. The molecule has 2 heterocycles. The minimum atomic E-state index is -0.996. The number of piperidine rings is 1. The lowest BCUT2D eigenvalue weighted by Crippen LogP contribution is -2.48. The highest BCUT2D eigenvalue weighted by atomic mass is 16.7. The zero-order valence-electron chi connectivity index (χ0n) is 19.9. The number of carbonyl (C=O) groups excluding carboxylic acids is 2. The Hall–Kier alpha value is -3.48. The molecule has 0 atom stereocenters. The number of amides is 1. The van der Waals surface area contributed by atoms with Gasteiger partial charge in [-0.1, -0.05) is 42.5 Å². The molecule has 2 aliphatic heterocycles. The summed E-state index contributed by atoms with van der Waals surface area (Å²) >= 11 is 0. The largest absolute Gasteiger partial charge is 0.497 e. The summed E-state index contributed by atoms with van der Waals surface area (Å²) in [5.41, 5.74) is 2.01. The fourth-order valence-electron chi connectivity index (χ4n) is 4.50. The van der Waals surface area contributed by atoms with Gasteiger partial charge < -0.3 is 23.8 Å². The van der Waals surface area contributed by atoms with Gasteiger partial charge in [0.1, 0.15) is 12.4 Å². The zero-order chi connectivity index (χ0) is 24.2. The van der Waals surface area contributed by atoms with Crippen LogP contribution in [0.15, 0.2) is 66.4 Å². The molecule has 0 bridgehead atoms. The second kappa shape index (κ2) is 9.79. The molecular weight excluding hydrogens is 434 g/mol. The van der Waals surface area contributed by atoms with Gasteiger partial charge in [-0.15, -0.1) is 0 Å². The highest BCUT2D eigenvalue weighted by molar-refractivity contribution is 5.90. The number of benzene rings is 2. The number of carbonyl (C=O) groups is 2. The molecule has 0 unspecified atom stereocenters. The van der Waals surface area contributed by atoms with Crippen molar-refractivity contribution in [3.8, 4) is 5.75 Å². The Morgan fingerprint density at radius 1 is 1.00 bits per heavy atom. The van der Waals surface area contributed by atoms with Gasteiger partial charge in [0.05, 0.1) is 18.9 Å². The van der Waals surface area contributed by atoms with Gasteiger partial charge in [-0.2, -0.15) is 0 Å². The predicted molar refractivity (Wildman–Crippen MR) is 126 cm³/mol. The van der Waals surface area contributed by atoms with E-state index in [-0.39, 0.29) is 18.7 Å². The van der Waals surface area contributed by atoms with E-state index >= 15 is 0 Å². The molecule has 1 fully saturated rings. The van der Waals surface area contributed by atoms with Gasteiger partial charge in [-0.3, -0.25) is 0 Å². The number of likely N-dealkylation sites (tertiary alicyclic amines) is 1. The minimum Gasteiger partial charge on any atom is -0.497 e. The number of hydrogen-bond acceptors (Lipinski definition) is 6. The number of esters is 1. The summed E-state index contributed by atoms with van der Waals surface area (Å²) in [7, 11) is 1.63. The third-order valence-corrected chi connectivity index (χ3v) is 6.48. The van der Waals surface area contributed by atoms with E-state index in [0.717, 1.165) is 16.9 Å². The standard InChI is InChI=1S/C27H31NO6/c1-26(2)33-19-23(24(29)34-26)27(17-20-9-11-22(31-3)12-10-20)13-15-28(16-14-27)25(30)32-18-21-7-5-4-6-8-21/h4-12,19H,13-18H2,1-3H3. The maximum absolute atomic E-state index is 13.0. The first kappa shape index (κ1) is 23.7. The summed E-state index contributed by atoms with van der Waals surface area (Å²) in [4.78, 5) is 27.4. The van der Waals surface area contributed by atoms with E-state index in [1.807, 2.05) is 54.6 Å². The van der Waals surface area contributed by atoms with Crippen molar-refractivity contribution in [3.63, 3.8) is 0 Å². The van der Waals surface area contributed by atoms with Crippen LogP contribution in [0.25, 0.3) is 0 Å². The lowest BCUT2D eigenvalue weighted by Gasteiger charge is -2.44. The van der Waals surface area contributed by atoms with Crippen LogP contribution >= 0.6 is 0 Å². The number of ether oxygens (including phenoxy) is 4. The van der Waals surface area contributed by atoms with Gasteiger partial charge in [0, 0.05) is 32.4 Å². The van der Waals surface area contributed by atoms with Gasteiger partial charge in [-0.05, 0) is 42.5 Å². The fraction of sp³-hybridized carbons (Fsp3) is 0.407. The van der Waals surface area contributed by atoms with Gasteiger partial charge >= 0.3 is 12.1 Å². The maximum atomic E-state index is 13.0. The topological polar surface area (TPSA) is 74.3 Å². The summed E-state index contributed by atoms with van der Waals surface area (Å²) in [5, 5.41) is 0. The summed E-state index contributed by atoms with van der Waals surface area (Å²) < 4.78 is 22.1. The van der Waals surface area contributed by atoms with Gasteiger partial charge in [-0.25, -0.2) is 9.59 Å². The average Bonchev–Trinajstić information content (AvgIpc) is 2.83. The van der Waals surface area contributed by atoms with Gasteiger partial charge in [0.25, 0.3) is 0 Å². The van der Waals surface area contributed by atoms with Gasteiger partial charge in [0.15, 0.2) is 0 Å². The normalized spacial score (nSPS) is 18.9. The van der Waals surface area contributed by atoms with Crippen LogP contribution in [0.2, 0.25) is 0 Å². The molecule has 0 saturated carbocycles. The fourth-order valence-corrected chi connectivity index (χ4v) is 4.50. The molecule has 7 nitrogen and oxygen atoms in total. The molecule has 0 radical (unpaired) electrons. The predicted octanol–water partition coefficient (Wildman–Crippen LogP) is 4.85. The molecule has 0 aliphatic carbocycles. The Balaban J connectivity index is 1.49. The van der Waals surface area contributed by atoms with Crippen LogP contribution in [-0.2, 0) is 32.0 Å². The zero-order valence-corrected chi connectivity index (χ0v) is 19.9. The van der Waals surface area contributed by atoms with Crippen molar-refractivity contribution < 1.29 is 28.5 Å². The molecule has 0 aromatic heterocycles. The summed E-state index contributed by atoms with van der Waals surface area (Å²) in [5.74, 6) is -0.593. The highest BCUT2D eigenvalue weighted by Crippen LogP contribution is 2.44. The van der Waals surface area contributed by atoms with Crippen LogP contribution in [0, 0.1) is 5.41 Å². The van der Waals surface area contributed by atoms with E-state index in [0.29, 0.717) is 37.9 Å². The molecule has 1 saturated heterocycles. The van der Waals surface area contributed by atoms with Crippen LogP contribution < -0.4 is 4.74 Å².